The number of furan rings is 1. The summed E-state index contributed by atoms with van der Waals surface area (Å²) in [5.41, 5.74) is 1.86. The monoisotopic (exact) mass is 418 g/mol. The molecule has 1 N–H and O–H groups in total. The Morgan fingerprint density at radius 1 is 0.967 bits per heavy atom. The molecule has 0 unspecified atom stereocenters. The molecule has 0 fully saturated rings. The van der Waals surface area contributed by atoms with E-state index in [1.807, 2.05) is 30.3 Å². The predicted molar refractivity (Wildman–Crippen MR) is 114 cm³/mol. The van der Waals surface area contributed by atoms with E-state index in [4.69, 9.17) is 4.42 Å². The number of amides is 1. The summed E-state index contributed by atoms with van der Waals surface area (Å²) in [6, 6.07) is 21.4. The van der Waals surface area contributed by atoms with E-state index >= 15 is 0 Å². The molecular weight excluding hydrogens is 400 g/mol. The first-order valence-electron chi connectivity index (χ1n) is 9.48. The van der Waals surface area contributed by atoms with E-state index < -0.39 is 10.0 Å². The van der Waals surface area contributed by atoms with Crippen molar-refractivity contribution in [2.24, 2.45) is 0 Å². The normalized spacial score (nSPS) is 14.2. The van der Waals surface area contributed by atoms with Crippen molar-refractivity contribution in [1.82, 2.24) is 5.32 Å². The van der Waals surface area contributed by atoms with Crippen molar-refractivity contribution < 1.29 is 17.6 Å². The molecule has 1 amide bonds. The highest BCUT2D eigenvalue weighted by Crippen LogP contribution is 2.42. The van der Waals surface area contributed by atoms with Crippen LogP contribution in [0, 0.1) is 0 Å². The second-order valence-corrected chi connectivity index (χ2v) is 8.94. The summed E-state index contributed by atoms with van der Waals surface area (Å²) in [5, 5.41) is 4.44. The highest BCUT2D eigenvalue weighted by molar-refractivity contribution is 7.93. The Kier molecular flexibility index (Phi) is 4.33. The Hall–Kier alpha value is -3.58. The predicted octanol–water partition coefficient (Wildman–Crippen LogP) is 4.07. The quantitative estimate of drug-likeness (QED) is 0.530. The minimum absolute atomic E-state index is 0.148. The van der Waals surface area contributed by atoms with Gasteiger partial charge < -0.3 is 9.73 Å². The molecule has 6 nitrogen and oxygen atoms in total. The fraction of sp³-hybridized carbons (Fsp3) is 0.0870. The van der Waals surface area contributed by atoms with Crippen LogP contribution >= 0.6 is 0 Å². The average Bonchev–Trinajstić information content (AvgIpc) is 3.35. The lowest BCUT2D eigenvalue weighted by Gasteiger charge is -2.19. The van der Waals surface area contributed by atoms with E-state index in [1.54, 1.807) is 48.7 Å². The molecule has 3 aromatic carbocycles. The smallest absolute Gasteiger partial charge is 0.265 e. The van der Waals surface area contributed by atoms with Crippen LogP contribution in [0.3, 0.4) is 0 Å². The number of benzene rings is 3. The second kappa shape index (κ2) is 7.03. The number of carbonyl (C=O) groups excluding carboxylic acids is 1. The van der Waals surface area contributed by atoms with Gasteiger partial charge in [-0.2, -0.15) is 0 Å². The van der Waals surface area contributed by atoms with Crippen LogP contribution in [0.2, 0.25) is 0 Å². The lowest BCUT2D eigenvalue weighted by molar-refractivity contribution is 0.0948. The van der Waals surface area contributed by atoms with Gasteiger partial charge in [0, 0.05) is 10.9 Å². The Balaban J connectivity index is 1.42. The molecule has 1 aliphatic rings. The molecule has 7 heteroatoms. The molecule has 30 heavy (non-hydrogen) atoms. The van der Waals surface area contributed by atoms with Gasteiger partial charge in [0.2, 0.25) is 0 Å². The van der Waals surface area contributed by atoms with Gasteiger partial charge in [0.05, 0.1) is 29.9 Å². The molecule has 1 aromatic heterocycles. The van der Waals surface area contributed by atoms with Crippen LogP contribution in [-0.4, -0.2) is 14.3 Å². The Labute approximate surface area is 173 Å². The standard InChI is InChI=1S/C23H18N2O4S/c26-23(24-14-19-9-4-12-29-19)18-8-1-5-16(13-18)15-25-20-10-2-6-17-7-3-11-21(22(17)20)30(25,27)28/h1-13H,14-15H2,(H,24,26). The minimum atomic E-state index is -3.65. The Morgan fingerprint density at radius 2 is 1.77 bits per heavy atom. The van der Waals surface area contributed by atoms with Gasteiger partial charge in [0.25, 0.3) is 15.9 Å². The largest absolute Gasteiger partial charge is 0.467 e. The van der Waals surface area contributed by atoms with Gasteiger partial charge in [-0.15, -0.1) is 0 Å². The first-order chi connectivity index (χ1) is 14.5. The summed E-state index contributed by atoms with van der Waals surface area (Å²) < 4.78 is 32.9. The number of nitrogens with zero attached hydrogens (tertiary/aromatic N) is 1. The molecule has 0 radical (unpaired) electrons. The van der Waals surface area contributed by atoms with Gasteiger partial charge in [0.1, 0.15) is 5.76 Å². The van der Waals surface area contributed by atoms with E-state index in [-0.39, 0.29) is 19.0 Å². The maximum absolute atomic E-state index is 13.2. The Morgan fingerprint density at radius 3 is 2.57 bits per heavy atom. The maximum atomic E-state index is 13.2. The fourth-order valence-electron chi connectivity index (χ4n) is 3.79. The molecule has 0 bridgehead atoms. The lowest BCUT2D eigenvalue weighted by atomic mass is 10.1. The lowest BCUT2D eigenvalue weighted by Crippen LogP contribution is -2.27. The van der Waals surface area contributed by atoms with Crippen molar-refractivity contribution in [3.8, 4) is 0 Å². The molecule has 4 aromatic rings. The third-order valence-electron chi connectivity index (χ3n) is 5.20. The van der Waals surface area contributed by atoms with E-state index in [0.29, 0.717) is 21.9 Å². The van der Waals surface area contributed by atoms with Crippen molar-refractivity contribution in [3.63, 3.8) is 0 Å². The number of nitrogens with one attached hydrogen (secondary N) is 1. The maximum Gasteiger partial charge on any atom is 0.265 e. The topological polar surface area (TPSA) is 79.6 Å². The number of carbonyl (C=O) groups is 1. The number of sulfonamides is 1. The van der Waals surface area contributed by atoms with E-state index in [1.165, 1.54) is 4.31 Å². The average molecular weight is 418 g/mol. The summed E-state index contributed by atoms with van der Waals surface area (Å²) in [6.45, 7) is 0.434. The van der Waals surface area contributed by atoms with E-state index in [2.05, 4.69) is 5.32 Å². The first kappa shape index (κ1) is 18.4. The summed E-state index contributed by atoms with van der Waals surface area (Å²) in [4.78, 5) is 12.8. The summed E-state index contributed by atoms with van der Waals surface area (Å²) in [7, 11) is -3.65. The van der Waals surface area contributed by atoms with Crippen molar-refractivity contribution in [2.75, 3.05) is 4.31 Å². The van der Waals surface area contributed by atoms with E-state index in [9.17, 15) is 13.2 Å². The van der Waals surface area contributed by atoms with E-state index in [0.717, 1.165) is 16.3 Å². The molecule has 150 valence electrons. The van der Waals surface area contributed by atoms with Crippen molar-refractivity contribution in [2.45, 2.75) is 18.0 Å². The highest BCUT2D eigenvalue weighted by atomic mass is 32.2. The summed E-state index contributed by atoms with van der Waals surface area (Å²) >= 11 is 0. The van der Waals surface area contributed by atoms with Crippen LogP contribution in [0.1, 0.15) is 21.7 Å². The zero-order valence-electron chi connectivity index (χ0n) is 15.9. The number of rotatable bonds is 5. The van der Waals surface area contributed by atoms with Gasteiger partial charge in [-0.25, -0.2) is 8.42 Å². The van der Waals surface area contributed by atoms with Gasteiger partial charge in [-0.1, -0.05) is 36.4 Å². The number of anilines is 1. The summed E-state index contributed by atoms with van der Waals surface area (Å²) in [6.07, 6.45) is 1.55. The fourth-order valence-corrected chi connectivity index (χ4v) is 5.49. The molecular formula is C23H18N2O4S. The molecule has 0 spiro atoms. The first-order valence-corrected chi connectivity index (χ1v) is 10.9. The minimum Gasteiger partial charge on any atom is -0.467 e. The van der Waals surface area contributed by atoms with Crippen LogP contribution in [0.5, 0.6) is 0 Å². The van der Waals surface area contributed by atoms with Crippen LogP contribution in [0.15, 0.2) is 88.4 Å². The second-order valence-electron chi connectivity index (χ2n) is 7.11. The Bertz CT molecular complexity index is 1360. The van der Waals surface area contributed by atoms with Crippen molar-refractivity contribution in [3.05, 3.63) is 95.9 Å². The van der Waals surface area contributed by atoms with Crippen LogP contribution in [0.25, 0.3) is 10.8 Å². The van der Waals surface area contributed by atoms with Crippen LogP contribution in [-0.2, 0) is 23.1 Å². The number of hydrogen-bond donors (Lipinski definition) is 1. The molecule has 0 aliphatic carbocycles. The SMILES string of the molecule is O=C(NCc1ccco1)c1cccc(CN2c3cccc4cccc(c34)S2(=O)=O)c1. The van der Waals surface area contributed by atoms with Crippen molar-refractivity contribution >= 4 is 32.4 Å². The third-order valence-corrected chi connectivity index (χ3v) is 7.00. The molecule has 1 aliphatic heterocycles. The zero-order chi connectivity index (χ0) is 20.7. The van der Waals surface area contributed by atoms with Gasteiger partial charge in [-0.05, 0) is 47.3 Å². The zero-order valence-corrected chi connectivity index (χ0v) is 16.7. The molecule has 0 saturated carbocycles. The van der Waals surface area contributed by atoms with Crippen LogP contribution < -0.4 is 9.62 Å². The van der Waals surface area contributed by atoms with Crippen molar-refractivity contribution in [1.29, 1.82) is 0 Å². The number of hydrogen-bond acceptors (Lipinski definition) is 4. The molecule has 0 atom stereocenters. The highest BCUT2D eigenvalue weighted by Gasteiger charge is 2.35. The van der Waals surface area contributed by atoms with Gasteiger partial charge in [-0.3, -0.25) is 9.10 Å². The third kappa shape index (κ3) is 3.04. The molecule has 0 saturated heterocycles. The molecule has 2 heterocycles. The van der Waals surface area contributed by atoms with Gasteiger partial charge >= 0.3 is 0 Å². The van der Waals surface area contributed by atoms with Crippen LogP contribution in [0.4, 0.5) is 5.69 Å². The molecule has 5 rings (SSSR count). The van der Waals surface area contributed by atoms with Gasteiger partial charge in [0.15, 0.2) is 0 Å². The summed E-state index contributed by atoms with van der Waals surface area (Å²) in [5.74, 6) is 0.413.